The summed E-state index contributed by atoms with van der Waals surface area (Å²) in [6.45, 7) is 7.33. The molecule has 0 atom stereocenters. The van der Waals surface area contributed by atoms with Gasteiger partial charge < -0.3 is 4.74 Å². The molecule has 0 aromatic carbocycles. The lowest BCUT2D eigenvalue weighted by Crippen LogP contribution is -2.04. The molecule has 0 spiro atoms. The molecule has 0 aliphatic heterocycles. The van der Waals surface area contributed by atoms with Gasteiger partial charge in [0.05, 0.1) is 0 Å². The quantitative estimate of drug-likeness (QED) is 0.275. The average Bonchev–Trinajstić information content (AvgIpc) is 2.10. The van der Waals surface area contributed by atoms with Crippen LogP contribution in [0.4, 0.5) is 0 Å². The molecule has 0 rings (SSSR count). The van der Waals surface area contributed by atoms with Crippen LogP contribution in [0.15, 0.2) is 12.2 Å². The molecular formula is C10H18O2S. The summed E-state index contributed by atoms with van der Waals surface area (Å²) in [6, 6.07) is 0. The second-order valence-electron chi connectivity index (χ2n) is 2.95. The summed E-state index contributed by atoms with van der Waals surface area (Å²) < 4.78 is 4.91. The van der Waals surface area contributed by atoms with Crippen LogP contribution in [0.5, 0.6) is 0 Å². The highest BCUT2D eigenvalue weighted by Crippen LogP contribution is 2.07. The smallest absolute Gasteiger partial charge is 0.333 e. The summed E-state index contributed by atoms with van der Waals surface area (Å²) >= 11 is 1.65. The number of thioether (sulfide) groups is 1. The first kappa shape index (κ1) is 12.6. The highest BCUT2D eigenvalue weighted by atomic mass is 32.2. The van der Waals surface area contributed by atoms with E-state index in [0.29, 0.717) is 11.5 Å². The van der Waals surface area contributed by atoms with Gasteiger partial charge in [-0.15, -0.1) is 11.8 Å². The molecule has 0 aromatic heterocycles. The predicted molar refractivity (Wildman–Crippen MR) is 57.8 cm³/mol. The van der Waals surface area contributed by atoms with Gasteiger partial charge in [0.25, 0.3) is 0 Å². The molecule has 0 saturated carbocycles. The lowest BCUT2D eigenvalue weighted by atomic mass is 10.3. The zero-order valence-electron chi connectivity index (χ0n) is 8.47. The maximum atomic E-state index is 10.9. The largest absolute Gasteiger partial charge is 0.451 e. The molecule has 0 saturated heterocycles. The second-order valence-corrected chi connectivity index (χ2v) is 4.00. The van der Waals surface area contributed by atoms with Gasteiger partial charge in [-0.3, -0.25) is 0 Å². The molecule has 0 heterocycles. The fraction of sp³-hybridized carbons (Fsp3) is 0.700. The Hall–Kier alpha value is -0.440. The van der Waals surface area contributed by atoms with Gasteiger partial charge in [-0.2, -0.15) is 0 Å². The van der Waals surface area contributed by atoms with Crippen molar-refractivity contribution in [1.29, 1.82) is 0 Å². The number of carbonyl (C=O) groups excluding carboxylic acids is 1. The van der Waals surface area contributed by atoms with E-state index in [1.165, 1.54) is 19.3 Å². The van der Waals surface area contributed by atoms with E-state index >= 15 is 0 Å². The zero-order chi connectivity index (χ0) is 10.1. The maximum Gasteiger partial charge on any atom is 0.333 e. The van der Waals surface area contributed by atoms with E-state index in [4.69, 9.17) is 4.74 Å². The molecule has 2 nitrogen and oxygen atoms in total. The van der Waals surface area contributed by atoms with Gasteiger partial charge in [-0.1, -0.05) is 26.3 Å². The monoisotopic (exact) mass is 202 g/mol. The molecule has 0 bridgehead atoms. The average molecular weight is 202 g/mol. The Balaban J connectivity index is 3.16. The van der Waals surface area contributed by atoms with Crippen LogP contribution in [-0.4, -0.2) is 17.7 Å². The summed E-state index contributed by atoms with van der Waals surface area (Å²) in [6.07, 6.45) is 3.68. The van der Waals surface area contributed by atoms with Gasteiger partial charge in [0, 0.05) is 5.57 Å². The predicted octanol–water partition coefficient (Wildman–Crippen LogP) is 2.99. The van der Waals surface area contributed by atoms with Crippen molar-refractivity contribution in [3.8, 4) is 0 Å². The number of hydrogen-bond donors (Lipinski definition) is 0. The number of carbonyl (C=O) groups is 1. The van der Waals surface area contributed by atoms with E-state index in [2.05, 4.69) is 13.5 Å². The lowest BCUT2D eigenvalue weighted by molar-refractivity contribution is -0.136. The molecular weight excluding hydrogens is 184 g/mol. The number of rotatable bonds is 7. The third kappa shape index (κ3) is 7.91. The van der Waals surface area contributed by atoms with E-state index < -0.39 is 0 Å². The van der Waals surface area contributed by atoms with Gasteiger partial charge in [0.2, 0.25) is 0 Å². The summed E-state index contributed by atoms with van der Waals surface area (Å²) in [5.74, 6) is 1.23. The van der Waals surface area contributed by atoms with Crippen LogP contribution in [0.1, 0.15) is 33.1 Å². The highest BCUT2D eigenvalue weighted by Gasteiger charge is 2.01. The number of esters is 1. The van der Waals surface area contributed by atoms with Gasteiger partial charge in [0.1, 0.15) is 5.94 Å². The zero-order valence-corrected chi connectivity index (χ0v) is 9.28. The number of hydrogen-bond acceptors (Lipinski definition) is 3. The Bertz CT molecular complexity index is 166. The standard InChI is InChI=1S/C10H18O2S/c1-4-5-6-7-13-8-12-10(11)9(2)3/h2,4-8H2,1,3H3. The minimum Gasteiger partial charge on any atom is -0.451 e. The van der Waals surface area contributed by atoms with E-state index in [0.717, 1.165) is 5.75 Å². The molecule has 0 radical (unpaired) electrons. The van der Waals surface area contributed by atoms with Gasteiger partial charge in [-0.25, -0.2) is 4.79 Å². The van der Waals surface area contributed by atoms with Crippen molar-refractivity contribution in [2.24, 2.45) is 0 Å². The summed E-state index contributed by atoms with van der Waals surface area (Å²) in [7, 11) is 0. The normalized spacial score (nSPS) is 9.69. The third-order valence-corrected chi connectivity index (χ3v) is 2.38. The fourth-order valence-corrected chi connectivity index (χ4v) is 1.45. The van der Waals surface area contributed by atoms with Gasteiger partial charge in [-0.05, 0) is 19.1 Å². The maximum absolute atomic E-state index is 10.9. The van der Waals surface area contributed by atoms with Crippen molar-refractivity contribution in [1.82, 2.24) is 0 Å². The Kier molecular flexibility index (Phi) is 7.90. The molecule has 0 fully saturated rings. The molecule has 0 unspecified atom stereocenters. The van der Waals surface area contributed by atoms with Crippen molar-refractivity contribution in [3.63, 3.8) is 0 Å². The Morgan fingerprint density at radius 3 is 2.69 bits per heavy atom. The number of unbranched alkanes of at least 4 members (excludes halogenated alkanes) is 2. The first-order chi connectivity index (χ1) is 6.18. The summed E-state index contributed by atoms with van der Waals surface area (Å²) in [5, 5.41) is 0. The second kappa shape index (κ2) is 8.17. The topological polar surface area (TPSA) is 26.3 Å². The molecule has 76 valence electrons. The van der Waals surface area contributed by atoms with E-state index in [1.807, 2.05) is 0 Å². The van der Waals surface area contributed by atoms with Gasteiger partial charge in [0.15, 0.2) is 0 Å². The van der Waals surface area contributed by atoms with Crippen molar-refractivity contribution in [2.75, 3.05) is 11.7 Å². The van der Waals surface area contributed by atoms with Crippen molar-refractivity contribution < 1.29 is 9.53 Å². The highest BCUT2D eigenvalue weighted by molar-refractivity contribution is 7.99. The molecule has 0 aromatic rings. The van der Waals surface area contributed by atoms with Crippen molar-refractivity contribution in [2.45, 2.75) is 33.1 Å². The van der Waals surface area contributed by atoms with Crippen LogP contribution < -0.4 is 0 Å². The SMILES string of the molecule is C=C(C)C(=O)OCSCCCCC. The first-order valence-electron chi connectivity index (χ1n) is 4.58. The Labute approximate surface area is 84.7 Å². The number of ether oxygens (including phenoxy) is 1. The lowest BCUT2D eigenvalue weighted by Gasteiger charge is -2.03. The fourth-order valence-electron chi connectivity index (χ4n) is 0.731. The molecule has 0 N–H and O–H groups in total. The summed E-state index contributed by atoms with van der Waals surface area (Å²) in [4.78, 5) is 10.9. The molecule has 0 aliphatic carbocycles. The summed E-state index contributed by atoms with van der Waals surface area (Å²) in [5.41, 5.74) is 0.467. The van der Waals surface area contributed by atoms with Crippen LogP contribution in [-0.2, 0) is 9.53 Å². The van der Waals surface area contributed by atoms with Crippen LogP contribution in [0.25, 0.3) is 0 Å². The van der Waals surface area contributed by atoms with E-state index in [-0.39, 0.29) is 5.97 Å². The molecule has 13 heavy (non-hydrogen) atoms. The Morgan fingerprint density at radius 1 is 1.46 bits per heavy atom. The Morgan fingerprint density at radius 2 is 2.15 bits per heavy atom. The molecule has 3 heteroatoms. The molecule has 0 aliphatic rings. The third-order valence-electron chi connectivity index (χ3n) is 1.51. The van der Waals surface area contributed by atoms with Crippen LogP contribution in [0.2, 0.25) is 0 Å². The van der Waals surface area contributed by atoms with Crippen molar-refractivity contribution >= 4 is 17.7 Å². The van der Waals surface area contributed by atoms with Crippen molar-refractivity contribution in [3.05, 3.63) is 12.2 Å². The first-order valence-corrected chi connectivity index (χ1v) is 5.74. The minimum atomic E-state index is -0.289. The van der Waals surface area contributed by atoms with Crippen LogP contribution >= 0.6 is 11.8 Å². The minimum absolute atomic E-state index is 0.289. The van der Waals surface area contributed by atoms with Crippen LogP contribution in [0.3, 0.4) is 0 Å². The van der Waals surface area contributed by atoms with Crippen LogP contribution in [0, 0.1) is 0 Å². The van der Waals surface area contributed by atoms with Gasteiger partial charge >= 0.3 is 5.97 Å². The van der Waals surface area contributed by atoms with E-state index in [1.54, 1.807) is 18.7 Å². The van der Waals surface area contributed by atoms with E-state index in [9.17, 15) is 4.79 Å². The molecule has 0 amide bonds.